The maximum Gasteiger partial charge on any atom is 0.224 e. The topological polar surface area (TPSA) is 68.0 Å². The van der Waals surface area contributed by atoms with Crippen LogP contribution in [0.1, 0.15) is 37.4 Å². The Morgan fingerprint density at radius 2 is 2.06 bits per heavy atom. The van der Waals surface area contributed by atoms with E-state index in [1.165, 1.54) is 0 Å². The van der Waals surface area contributed by atoms with Gasteiger partial charge in [0.15, 0.2) is 0 Å². The van der Waals surface area contributed by atoms with Crippen LogP contribution >= 0.6 is 36.2 Å². The predicted octanol–water partition coefficient (Wildman–Crippen LogP) is 2.32. The average molecular weight is 314 g/mol. The molecule has 3 N–H and O–H groups in total. The van der Waals surface area contributed by atoms with Crippen molar-refractivity contribution in [3.8, 4) is 0 Å². The molecule has 0 aromatic carbocycles. The second-order valence-electron chi connectivity index (χ2n) is 4.18. The van der Waals surface area contributed by atoms with Crippen LogP contribution < -0.4 is 11.1 Å². The van der Waals surface area contributed by atoms with Crippen molar-refractivity contribution in [2.24, 2.45) is 11.7 Å². The number of amides is 1. The van der Waals surface area contributed by atoms with Crippen LogP contribution in [0.15, 0.2) is 5.38 Å². The van der Waals surface area contributed by atoms with Crippen LogP contribution in [0, 0.1) is 5.92 Å². The fraction of sp³-hybridized carbons (Fsp3) is 0.636. The molecular weight excluding hydrogens is 293 g/mol. The zero-order chi connectivity index (χ0) is 12.1. The van der Waals surface area contributed by atoms with Crippen LogP contribution in [0.4, 0.5) is 0 Å². The zero-order valence-corrected chi connectivity index (χ0v) is 13.3. The van der Waals surface area contributed by atoms with E-state index < -0.39 is 0 Å². The van der Waals surface area contributed by atoms with Crippen molar-refractivity contribution in [1.29, 1.82) is 0 Å². The van der Waals surface area contributed by atoms with E-state index in [-0.39, 0.29) is 36.6 Å². The van der Waals surface area contributed by atoms with Gasteiger partial charge in [-0.1, -0.05) is 20.8 Å². The average Bonchev–Trinajstić information content (AvgIpc) is 2.73. The van der Waals surface area contributed by atoms with Crippen molar-refractivity contribution in [2.75, 3.05) is 6.54 Å². The fourth-order valence-corrected chi connectivity index (χ4v) is 2.01. The van der Waals surface area contributed by atoms with Gasteiger partial charge in [0.25, 0.3) is 0 Å². The van der Waals surface area contributed by atoms with Gasteiger partial charge < -0.3 is 11.1 Å². The number of carbonyl (C=O) groups excluding carboxylic acids is 1. The molecule has 1 atom stereocenters. The Balaban J connectivity index is 0. The number of nitrogens with one attached hydrogen (secondary N) is 1. The molecule has 0 saturated carbocycles. The minimum Gasteiger partial charge on any atom is -0.349 e. The van der Waals surface area contributed by atoms with Crippen molar-refractivity contribution in [2.45, 2.75) is 33.2 Å². The third-order valence-corrected chi connectivity index (χ3v) is 3.24. The lowest BCUT2D eigenvalue weighted by Crippen LogP contribution is -2.32. The Kier molecular flexibility index (Phi) is 10.6. The van der Waals surface area contributed by atoms with Gasteiger partial charge in [0.2, 0.25) is 5.91 Å². The summed E-state index contributed by atoms with van der Waals surface area (Å²) in [7, 11) is 0. The fourth-order valence-electron chi connectivity index (χ4n) is 1.12. The van der Waals surface area contributed by atoms with Gasteiger partial charge in [-0.3, -0.25) is 4.79 Å². The summed E-state index contributed by atoms with van der Waals surface area (Å²) in [5.74, 6) is 0.289. The normalized spacial score (nSPS) is 11.4. The van der Waals surface area contributed by atoms with E-state index >= 15 is 0 Å². The summed E-state index contributed by atoms with van der Waals surface area (Å²) in [6.45, 7) is 6.90. The molecule has 4 nitrogen and oxygen atoms in total. The highest BCUT2D eigenvalue weighted by molar-refractivity contribution is 7.09. The van der Waals surface area contributed by atoms with Crippen molar-refractivity contribution in [3.63, 3.8) is 0 Å². The highest BCUT2D eigenvalue weighted by atomic mass is 35.5. The minimum absolute atomic E-state index is 0. The summed E-state index contributed by atoms with van der Waals surface area (Å²) in [5, 5.41) is 5.82. The lowest BCUT2D eigenvalue weighted by Gasteiger charge is -2.08. The smallest absolute Gasteiger partial charge is 0.224 e. The zero-order valence-electron chi connectivity index (χ0n) is 10.8. The standard InChI is InChI=1S/C11H19N3OS.2ClH/c1-7(2)9-6-16-10(14-9)5-13-11(15)8(3)4-12;;/h6-8H,4-5,12H2,1-3H3,(H,13,15);2*1H. The minimum atomic E-state index is -0.135. The number of nitrogens with two attached hydrogens (primary N) is 1. The first kappa shape index (κ1) is 20.0. The molecule has 0 bridgehead atoms. The number of hydrogen-bond acceptors (Lipinski definition) is 4. The van der Waals surface area contributed by atoms with Gasteiger partial charge in [0.05, 0.1) is 12.2 Å². The third-order valence-electron chi connectivity index (χ3n) is 2.38. The van der Waals surface area contributed by atoms with E-state index in [1.54, 1.807) is 11.3 Å². The molecular formula is C11H21Cl2N3OS. The molecule has 0 fully saturated rings. The number of halogens is 2. The molecule has 1 aromatic rings. The Labute approximate surface area is 125 Å². The number of aromatic nitrogens is 1. The van der Waals surface area contributed by atoms with Gasteiger partial charge in [0, 0.05) is 17.8 Å². The van der Waals surface area contributed by atoms with Crippen molar-refractivity contribution >= 4 is 42.1 Å². The van der Waals surface area contributed by atoms with Crippen LogP contribution in [0.5, 0.6) is 0 Å². The van der Waals surface area contributed by atoms with E-state index in [2.05, 4.69) is 24.1 Å². The number of hydrogen-bond donors (Lipinski definition) is 2. The SMILES string of the molecule is CC(CN)C(=O)NCc1nc(C(C)C)cs1.Cl.Cl. The first-order valence-electron chi connectivity index (χ1n) is 5.46. The quantitative estimate of drug-likeness (QED) is 0.876. The molecule has 1 aromatic heterocycles. The lowest BCUT2D eigenvalue weighted by molar-refractivity contribution is -0.124. The van der Waals surface area contributed by atoms with Gasteiger partial charge in [-0.25, -0.2) is 4.98 Å². The van der Waals surface area contributed by atoms with Crippen LogP contribution in [-0.4, -0.2) is 17.4 Å². The van der Waals surface area contributed by atoms with Gasteiger partial charge in [-0.15, -0.1) is 36.2 Å². The number of nitrogens with zero attached hydrogens (tertiary/aromatic N) is 1. The molecule has 0 aliphatic rings. The number of thiazole rings is 1. The molecule has 7 heteroatoms. The summed E-state index contributed by atoms with van der Waals surface area (Å²) >= 11 is 1.58. The maximum absolute atomic E-state index is 11.5. The van der Waals surface area contributed by atoms with Crippen LogP contribution in [0.25, 0.3) is 0 Å². The monoisotopic (exact) mass is 313 g/mol. The Morgan fingerprint density at radius 3 is 2.50 bits per heavy atom. The van der Waals surface area contributed by atoms with Gasteiger partial charge >= 0.3 is 0 Å². The molecule has 0 aliphatic carbocycles. The van der Waals surface area contributed by atoms with Gasteiger partial charge in [-0.05, 0) is 5.92 Å². The molecule has 1 rings (SSSR count). The summed E-state index contributed by atoms with van der Waals surface area (Å²) in [6.07, 6.45) is 0. The highest BCUT2D eigenvalue weighted by Gasteiger charge is 2.11. The van der Waals surface area contributed by atoms with Crippen molar-refractivity contribution in [3.05, 3.63) is 16.1 Å². The van der Waals surface area contributed by atoms with Crippen LogP contribution in [0.3, 0.4) is 0 Å². The molecule has 1 heterocycles. The molecule has 0 saturated heterocycles. The Morgan fingerprint density at radius 1 is 1.44 bits per heavy atom. The van der Waals surface area contributed by atoms with Crippen molar-refractivity contribution < 1.29 is 4.79 Å². The lowest BCUT2D eigenvalue weighted by atomic mass is 10.2. The third kappa shape index (κ3) is 6.00. The molecule has 0 radical (unpaired) electrons. The molecule has 1 amide bonds. The summed E-state index contributed by atoms with van der Waals surface area (Å²) in [6, 6.07) is 0. The van der Waals surface area contributed by atoms with E-state index in [4.69, 9.17) is 5.73 Å². The number of rotatable bonds is 5. The summed E-state index contributed by atoms with van der Waals surface area (Å²) in [5.41, 5.74) is 6.50. The Bertz CT molecular complexity index is 358. The van der Waals surface area contributed by atoms with Crippen LogP contribution in [-0.2, 0) is 11.3 Å². The van der Waals surface area contributed by atoms with Gasteiger partial charge in [-0.2, -0.15) is 0 Å². The van der Waals surface area contributed by atoms with E-state index in [1.807, 2.05) is 12.3 Å². The molecule has 1 unspecified atom stereocenters. The molecule has 18 heavy (non-hydrogen) atoms. The Hall–Kier alpha value is -0.360. The van der Waals surface area contributed by atoms with E-state index in [0.717, 1.165) is 10.7 Å². The van der Waals surface area contributed by atoms with E-state index in [0.29, 0.717) is 19.0 Å². The van der Waals surface area contributed by atoms with Gasteiger partial charge in [0.1, 0.15) is 5.01 Å². The maximum atomic E-state index is 11.5. The molecule has 0 aliphatic heterocycles. The summed E-state index contributed by atoms with van der Waals surface area (Å²) < 4.78 is 0. The largest absolute Gasteiger partial charge is 0.349 e. The molecule has 106 valence electrons. The number of carbonyl (C=O) groups is 1. The second-order valence-corrected chi connectivity index (χ2v) is 5.12. The first-order valence-corrected chi connectivity index (χ1v) is 6.34. The highest BCUT2D eigenvalue weighted by Crippen LogP contribution is 2.17. The summed E-state index contributed by atoms with van der Waals surface area (Å²) in [4.78, 5) is 15.9. The molecule has 0 spiro atoms. The van der Waals surface area contributed by atoms with Crippen molar-refractivity contribution in [1.82, 2.24) is 10.3 Å². The van der Waals surface area contributed by atoms with E-state index in [9.17, 15) is 4.79 Å². The van der Waals surface area contributed by atoms with Crippen LogP contribution in [0.2, 0.25) is 0 Å². The first-order chi connectivity index (χ1) is 7.54. The predicted molar refractivity (Wildman–Crippen MR) is 80.8 cm³/mol. The second kappa shape index (κ2) is 9.55.